The van der Waals surface area contributed by atoms with Crippen molar-refractivity contribution < 1.29 is 32.1 Å². The first kappa shape index (κ1) is 23.8. The average molecular weight is 489 g/mol. The molecular formula is C24H28N2O7S. The highest BCUT2D eigenvalue weighted by atomic mass is 32.2. The third-order valence-electron chi connectivity index (χ3n) is 5.96. The van der Waals surface area contributed by atoms with Crippen molar-refractivity contribution in [2.45, 2.75) is 17.5 Å². The van der Waals surface area contributed by atoms with E-state index < -0.39 is 16.1 Å². The summed E-state index contributed by atoms with van der Waals surface area (Å²) < 4.78 is 58.5. The Hall–Kier alpha value is -3.37. The third-order valence-corrected chi connectivity index (χ3v) is 7.82. The summed E-state index contributed by atoms with van der Waals surface area (Å²) in [6, 6.07) is 11.4. The molecule has 10 heteroatoms. The fourth-order valence-corrected chi connectivity index (χ4v) is 5.93. The molecule has 0 saturated heterocycles. The second-order valence-electron chi connectivity index (χ2n) is 7.62. The quantitative estimate of drug-likeness (QED) is 0.481. The molecule has 0 N–H and O–H groups in total. The van der Waals surface area contributed by atoms with Crippen LogP contribution in [0.1, 0.15) is 17.3 Å². The van der Waals surface area contributed by atoms with E-state index in [9.17, 15) is 8.42 Å². The van der Waals surface area contributed by atoms with E-state index in [4.69, 9.17) is 23.7 Å². The standard InChI is InChI=1S/C24H28N2O7S/c1-29-19-9-8-17(15-20(19)30-2)34(27,28)26-12-11-25-10-6-7-18(25)23(26)16-13-21(31-3)24(33-5)22(14-16)32-4/h6-10,13-15,23H,11-12H2,1-5H3. The lowest BCUT2D eigenvalue weighted by atomic mass is 10.0. The van der Waals surface area contributed by atoms with Gasteiger partial charge in [0.25, 0.3) is 0 Å². The molecule has 0 fully saturated rings. The molecule has 2 heterocycles. The van der Waals surface area contributed by atoms with Crippen LogP contribution >= 0.6 is 0 Å². The fourth-order valence-electron chi connectivity index (χ4n) is 4.33. The second-order valence-corrected chi connectivity index (χ2v) is 9.51. The predicted molar refractivity (Wildman–Crippen MR) is 126 cm³/mol. The Kier molecular flexibility index (Phi) is 6.63. The molecule has 1 aliphatic rings. The van der Waals surface area contributed by atoms with Crippen LogP contribution in [0.3, 0.4) is 0 Å². The minimum atomic E-state index is -3.92. The Labute approximate surface area is 199 Å². The molecule has 1 aromatic heterocycles. The topological polar surface area (TPSA) is 88.5 Å². The van der Waals surface area contributed by atoms with Crippen LogP contribution in [0.4, 0.5) is 0 Å². The van der Waals surface area contributed by atoms with Gasteiger partial charge in [-0.05, 0) is 42.0 Å². The van der Waals surface area contributed by atoms with Gasteiger partial charge >= 0.3 is 0 Å². The Bertz CT molecular complexity index is 1260. The number of rotatable bonds is 8. The SMILES string of the molecule is COc1ccc(S(=O)(=O)N2CCn3cccc3C2c2cc(OC)c(OC)c(OC)c2)cc1OC. The molecule has 4 rings (SSSR count). The molecule has 9 nitrogen and oxygen atoms in total. The van der Waals surface area contributed by atoms with Gasteiger partial charge in [0.1, 0.15) is 0 Å². The maximum Gasteiger partial charge on any atom is 0.244 e. The molecule has 182 valence electrons. The molecule has 1 aliphatic heterocycles. The third kappa shape index (κ3) is 3.92. The number of aromatic nitrogens is 1. The highest BCUT2D eigenvalue weighted by Crippen LogP contribution is 2.44. The van der Waals surface area contributed by atoms with Gasteiger partial charge in [-0.2, -0.15) is 4.31 Å². The molecule has 1 atom stereocenters. The average Bonchev–Trinajstić information content (AvgIpc) is 3.35. The molecule has 2 aromatic carbocycles. The summed E-state index contributed by atoms with van der Waals surface area (Å²) in [6.07, 6.45) is 1.95. The number of nitrogens with zero attached hydrogens (tertiary/aromatic N) is 2. The smallest absolute Gasteiger partial charge is 0.244 e. The van der Waals surface area contributed by atoms with Crippen LogP contribution in [0.15, 0.2) is 53.6 Å². The monoisotopic (exact) mass is 488 g/mol. The van der Waals surface area contributed by atoms with Gasteiger partial charge in [-0.15, -0.1) is 0 Å². The van der Waals surface area contributed by atoms with Crippen molar-refractivity contribution in [2.24, 2.45) is 0 Å². The van der Waals surface area contributed by atoms with Crippen LogP contribution in [0.5, 0.6) is 28.7 Å². The van der Waals surface area contributed by atoms with Crippen LogP contribution in [0.25, 0.3) is 0 Å². The van der Waals surface area contributed by atoms with Crippen molar-refractivity contribution in [1.29, 1.82) is 0 Å². The summed E-state index contributed by atoms with van der Waals surface area (Å²) >= 11 is 0. The zero-order valence-electron chi connectivity index (χ0n) is 19.8. The summed E-state index contributed by atoms with van der Waals surface area (Å²) in [5.41, 5.74) is 1.53. The first-order valence-corrected chi connectivity index (χ1v) is 12.0. The van der Waals surface area contributed by atoms with Crippen LogP contribution in [-0.4, -0.2) is 59.4 Å². The molecule has 3 aromatic rings. The predicted octanol–water partition coefficient (Wildman–Crippen LogP) is 3.33. The molecular weight excluding hydrogens is 460 g/mol. The highest BCUT2D eigenvalue weighted by molar-refractivity contribution is 7.89. The summed E-state index contributed by atoms with van der Waals surface area (Å²) in [7, 11) is 3.65. The van der Waals surface area contributed by atoms with Crippen LogP contribution in [-0.2, 0) is 16.6 Å². The molecule has 34 heavy (non-hydrogen) atoms. The molecule has 0 bridgehead atoms. The van der Waals surface area contributed by atoms with E-state index in [0.717, 1.165) is 5.69 Å². The normalized spacial score (nSPS) is 16.0. The van der Waals surface area contributed by atoms with Gasteiger partial charge in [0, 0.05) is 31.0 Å². The maximum absolute atomic E-state index is 13.9. The van der Waals surface area contributed by atoms with Crippen LogP contribution in [0, 0.1) is 0 Å². The van der Waals surface area contributed by atoms with Gasteiger partial charge in [0.05, 0.1) is 46.5 Å². The van der Waals surface area contributed by atoms with E-state index in [-0.39, 0.29) is 11.4 Å². The van der Waals surface area contributed by atoms with Gasteiger partial charge in [0.2, 0.25) is 15.8 Å². The van der Waals surface area contributed by atoms with E-state index in [1.165, 1.54) is 52.0 Å². The zero-order valence-corrected chi connectivity index (χ0v) is 20.6. The number of fused-ring (bicyclic) bond motifs is 1. The van der Waals surface area contributed by atoms with Gasteiger partial charge < -0.3 is 28.3 Å². The summed E-state index contributed by atoms with van der Waals surface area (Å²) in [5.74, 6) is 2.13. The largest absolute Gasteiger partial charge is 0.493 e. The molecule has 1 unspecified atom stereocenters. The van der Waals surface area contributed by atoms with E-state index in [2.05, 4.69) is 4.57 Å². The van der Waals surface area contributed by atoms with Gasteiger partial charge in [-0.3, -0.25) is 0 Å². The lowest BCUT2D eigenvalue weighted by Crippen LogP contribution is -2.42. The van der Waals surface area contributed by atoms with Gasteiger partial charge in [-0.25, -0.2) is 8.42 Å². The number of sulfonamides is 1. The summed E-state index contributed by atoms with van der Waals surface area (Å²) in [5, 5.41) is 0. The number of methoxy groups -OCH3 is 5. The van der Waals surface area contributed by atoms with Crippen molar-refractivity contribution >= 4 is 10.0 Å². The van der Waals surface area contributed by atoms with Crippen molar-refractivity contribution in [2.75, 3.05) is 42.1 Å². The highest BCUT2D eigenvalue weighted by Gasteiger charge is 2.39. The number of hydrogen-bond donors (Lipinski definition) is 0. The number of ether oxygens (including phenoxy) is 5. The molecule has 0 spiro atoms. The molecule has 0 amide bonds. The minimum Gasteiger partial charge on any atom is -0.493 e. The Morgan fingerprint density at radius 1 is 0.765 bits per heavy atom. The summed E-state index contributed by atoms with van der Waals surface area (Å²) in [4.78, 5) is 0.114. The van der Waals surface area contributed by atoms with E-state index in [1.807, 2.05) is 18.3 Å². The van der Waals surface area contributed by atoms with E-state index in [0.29, 0.717) is 40.9 Å². The minimum absolute atomic E-state index is 0.114. The molecule has 0 radical (unpaired) electrons. The van der Waals surface area contributed by atoms with Crippen LogP contribution in [0.2, 0.25) is 0 Å². The first-order chi connectivity index (χ1) is 16.4. The van der Waals surface area contributed by atoms with Crippen molar-refractivity contribution in [3.8, 4) is 28.7 Å². The Balaban J connectivity index is 1.89. The maximum atomic E-state index is 13.9. The van der Waals surface area contributed by atoms with Gasteiger partial charge in [-0.1, -0.05) is 0 Å². The van der Waals surface area contributed by atoms with Gasteiger partial charge in [0.15, 0.2) is 23.0 Å². The van der Waals surface area contributed by atoms with E-state index in [1.54, 1.807) is 18.2 Å². The van der Waals surface area contributed by atoms with Crippen molar-refractivity contribution in [3.63, 3.8) is 0 Å². The van der Waals surface area contributed by atoms with E-state index >= 15 is 0 Å². The van der Waals surface area contributed by atoms with Crippen molar-refractivity contribution in [3.05, 3.63) is 59.9 Å². The lowest BCUT2D eigenvalue weighted by molar-refractivity contribution is 0.292. The molecule has 0 saturated carbocycles. The second kappa shape index (κ2) is 9.47. The first-order valence-electron chi connectivity index (χ1n) is 10.6. The number of benzene rings is 2. The van der Waals surface area contributed by atoms with Crippen LogP contribution < -0.4 is 23.7 Å². The molecule has 0 aliphatic carbocycles. The van der Waals surface area contributed by atoms with Crippen molar-refractivity contribution in [1.82, 2.24) is 8.87 Å². The fraction of sp³-hybridized carbons (Fsp3) is 0.333. The lowest BCUT2D eigenvalue weighted by Gasteiger charge is -2.36. The zero-order chi connectivity index (χ0) is 24.5. The summed E-state index contributed by atoms with van der Waals surface area (Å²) in [6.45, 7) is 0.801. The Morgan fingerprint density at radius 3 is 2.00 bits per heavy atom. The Morgan fingerprint density at radius 2 is 1.41 bits per heavy atom. The number of hydrogen-bond acceptors (Lipinski definition) is 7.